The zero-order valence-corrected chi connectivity index (χ0v) is 18.9. The van der Waals surface area contributed by atoms with Crippen LogP contribution in [0.1, 0.15) is 37.5 Å². The highest BCUT2D eigenvalue weighted by molar-refractivity contribution is 7.89. The Balaban J connectivity index is 1.57. The van der Waals surface area contributed by atoms with E-state index >= 15 is 0 Å². The molecule has 162 valence electrons. The van der Waals surface area contributed by atoms with Gasteiger partial charge >= 0.3 is 0 Å². The van der Waals surface area contributed by atoms with Crippen LogP contribution in [-0.2, 0) is 27.8 Å². The molecule has 0 fully saturated rings. The van der Waals surface area contributed by atoms with Crippen LogP contribution < -0.4 is 10.0 Å². The van der Waals surface area contributed by atoms with Crippen LogP contribution in [0.2, 0.25) is 0 Å². The van der Waals surface area contributed by atoms with Crippen molar-refractivity contribution in [1.82, 2.24) is 14.9 Å². The summed E-state index contributed by atoms with van der Waals surface area (Å²) in [5, 5.41) is 2.92. The van der Waals surface area contributed by atoms with Gasteiger partial charge in [0.15, 0.2) is 0 Å². The quantitative estimate of drug-likeness (QED) is 0.709. The molecule has 6 nitrogen and oxygen atoms in total. The maximum atomic E-state index is 12.6. The number of hydrogen-bond donors (Lipinski definition) is 2. The van der Waals surface area contributed by atoms with Crippen molar-refractivity contribution >= 4 is 15.9 Å². The maximum absolute atomic E-state index is 12.6. The highest BCUT2D eigenvalue weighted by atomic mass is 32.2. The molecular formula is C23H31N3O3S. The van der Waals surface area contributed by atoms with Crippen molar-refractivity contribution in [1.29, 1.82) is 0 Å². The Morgan fingerprint density at radius 2 is 1.73 bits per heavy atom. The fourth-order valence-electron chi connectivity index (χ4n) is 3.65. The molecule has 1 aliphatic rings. The van der Waals surface area contributed by atoms with E-state index in [0.717, 1.165) is 25.1 Å². The van der Waals surface area contributed by atoms with E-state index < -0.39 is 16.1 Å². The first kappa shape index (κ1) is 22.5. The zero-order chi connectivity index (χ0) is 21.9. The number of benzene rings is 2. The second-order valence-corrected chi connectivity index (χ2v) is 10.3. The number of nitrogens with zero attached hydrogens (tertiary/aromatic N) is 1. The highest BCUT2D eigenvalue weighted by Crippen LogP contribution is 2.25. The highest BCUT2D eigenvalue weighted by Gasteiger charge is 2.31. The van der Waals surface area contributed by atoms with E-state index in [1.165, 1.54) is 11.1 Å². The maximum Gasteiger partial charge on any atom is 0.241 e. The Kier molecular flexibility index (Phi) is 6.65. The Labute approximate surface area is 179 Å². The van der Waals surface area contributed by atoms with Gasteiger partial charge in [-0.2, -0.15) is 4.72 Å². The average molecular weight is 430 g/mol. The number of fused-ring (bicyclic) bond motifs is 1. The molecule has 3 rings (SSSR count). The van der Waals surface area contributed by atoms with Crippen molar-refractivity contribution in [2.75, 3.05) is 13.1 Å². The summed E-state index contributed by atoms with van der Waals surface area (Å²) in [7, 11) is -3.75. The molecule has 7 heteroatoms. The van der Waals surface area contributed by atoms with E-state index in [0.29, 0.717) is 6.54 Å². The number of carbonyl (C=O) groups is 1. The van der Waals surface area contributed by atoms with Gasteiger partial charge in [-0.05, 0) is 57.4 Å². The summed E-state index contributed by atoms with van der Waals surface area (Å²) in [6.45, 7) is 9.85. The molecule has 0 spiro atoms. The van der Waals surface area contributed by atoms with E-state index in [4.69, 9.17) is 0 Å². The van der Waals surface area contributed by atoms with Crippen LogP contribution in [0.4, 0.5) is 0 Å². The van der Waals surface area contributed by atoms with Crippen molar-refractivity contribution < 1.29 is 13.2 Å². The fraction of sp³-hybridized carbons (Fsp3) is 0.435. The second-order valence-electron chi connectivity index (χ2n) is 8.63. The summed E-state index contributed by atoms with van der Waals surface area (Å²) in [6, 6.07) is 14.1. The van der Waals surface area contributed by atoms with Crippen LogP contribution in [0, 0.1) is 6.92 Å². The standard InChI is InChI=1S/C23H31N3O3S/c1-17-9-11-21(12-10-17)30(28,29)25-18(2)22(27)24-16-23(3,4)26-14-13-19-7-5-6-8-20(19)15-26/h5-12,18,25H,13-16H2,1-4H3,(H,24,27)/t18-/m0/s1. The second kappa shape index (κ2) is 8.88. The molecule has 0 saturated carbocycles. The topological polar surface area (TPSA) is 78.5 Å². The Bertz CT molecular complexity index is 1000. The van der Waals surface area contributed by atoms with Crippen LogP contribution in [0.15, 0.2) is 53.4 Å². The molecule has 0 unspecified atom stereocenters. The van der Waals surface area contributed by atoms with E-state index in [-0.39, 0.29) is 16.3 Å². The third-order valence-electron chi connectivity index (χ3n) is 5.74. The van der Waals surface area contributed by atoms with E-state index in [9.17, 15) is 13.2 Å². The third-order valence-corrected chi connectivity index (χ3v) is 7.30. The number of nitrogens with one attached hydrogen (secondary N) is 2. The van der Waals surface area contributed by atoms with Crippen molar-refractivity contribution in [3.63, 3.8) is 0 Å². The van der Waals surface area contributed by atoms with Gasteiger partial charge in [0.1, 0.15) is 0 Å². The first-order valence-electron chi connectivity index (χ1n) is 10.3. The van der Waals surface area contributed by atoms with Gasteiger partial charge in [0, 0.05) is 25.2 Å². The van der Waals surface area contributed by atoms with E-state index in [1.54, 1.807) is 31.2 Å². The van der Waals surface area contributed by atoms with E-state index in [1.807, 2.05) is 6.92 Å². The lowest BCUT2D eigenvalue weighted by Crippen LogP contribution is -2.55. The molecule has 0 radical (unpaired) electrons. The summed E-state index contributed by atoms with van der Waals surface area (Å²) in [5.41, 5.74) is 3.43. The lowest BCUT2D eigenvalue weighted by Gasteiger charge is -2.41. The Morgan fingerprint density at radius 1 is 1.10 bits per heavy atom. The van der Waals surface area contributed by atoms with Crippen molar-refractivity contribution in [2.24, 2.45) is 0 Å². The van der Waals surface area contributed by atoms with Crippen molar-refractivity contribution in [3.8, 4) is 0 Å². The molecule has 1 aliphatic heterocycles. The predicted molar refractivity (Wildman–Crippen MR) is 119 cm³/mol. The number of hydrogen-bond acceptors (Lipinski definition) is 4. The normalized spacial score (nSPS) is 16.0. The zero-order valence-electron chi connectivity index (χ0n) is 18.1. The van der Waals surface area contributed by atoms with Gasteiger partial charge in [0.25, 0.3) is 0 Å². The van der Waals surface area contributed by atoms with Crippen LogP contribution in [0.3, 0.4) is 0 Å². The van der Waals surface area contributed by atoms with Gasteiger partial charge in [0.05, 0.1) is 10.9 Å². The Morgan fingerprint density at radius 3 is 2.40 bits per heavy atom. The predicted octanol–water partition coefficient (Wildman–Crippen LogP) is 2.61. The summed E-state index contributed by atoms with van der Waals surface area (Å²) in [4.78, 5) is 15.1. The molecule has 0 saturated heterocycles. The lowest BCUT2D eigenvalue weighted by molar-refractivity contribution is -0.123. The Hall–Kier alpha value is -2.22. The number of rotatable bonds is 7. The van der Waals surface area contributed by atoms with Crippen LogP contribution in [-0.4, -0.2) is 43.9 Å². The monoisotopic (exact) mass is 429 g/mol. The molecular weight excluding hydrogens is 398 g/mol. The summed E-state index contributed by atoms with van der Waals surface area (Å²) in [6.07, 6.45) is 0.986. The molecule has 0 aliphatic carbocycles. The molecule has 2 N–H and O–H groups in total. The molecule has 1 heterocycles. The van der Waals surface area contributed by atoms with Gasteiger partial charge < -0.3 is 5.32 Å². The minimum atomic E-state index is -3.75. The number of sulfonamides is 1. The summed E-state index contributed by atoms with van der Waals surface area (Å²) < 4.78 is 27.5. The number of carbonyl (C=O) groups excluding carboxylic acids is 1. The molecule has 2 aromatic rings. The largest absolute Gasteiger partial charge is 0.353 e. The van der Waals surface area contributed by atoms with Crippen molar-refractivity contribution in [2.45, 2.75) is 57.1 Å². The van der Waals surface area contributed by atoms with Gasteiger partial charge in [0.2, 0.25) is 15.9 Å². The SMILES string of the molecule is Cc1ccc(S(=O)(=O)N[C@@H](C)C(=O)NCC(C)(C)N2CCc3ccccc3C2)cc1. The minimum absolute atomic E-state index is 0.153. The minimum Gasteiger partial charge on any atom is -0.353 e. The average Bonchev–Trinajstić information content (AvgIpc) is 2.71. The summed E-state index contributed by atoms with van der Waals surface area (Å²) in [5.74, 6) is -0.337. The fourth-order valence-corrected chi connectivity index (χ4v) is 4.86. The van der Waals surface area contributed by atoms with Crippen LogP contribution in [0.5, 0.6) is 0 Å². The first-order valence-corrected chi connectivity index (χ1v) is 11.8. The van der Waals surface area contributed by atoms with Gasteiger partial charge in [-0.3, -0.25) is 9.69 Å². The van der Waals surface area contributed by atoms with Gasteiger partial charge in [-0.1, -0.05) is 42.0 Å². The number of aryl methyl sites for hydroxylation is 1. The third kappa shape index (κ3) is 5.28. The smallest absolute Gasteiger partial charge is 0.241 e. The first-order chi connectivity index (χ1) is 14.1. The summed E-state index contributed by atoms with van der Waals surface area (Å²) >= 11 is 0. The lowest BCUT2D eigenvalue weighted by atomic mass is 9.94. The van der Waals surface area contributed by atoms with Gasteiger partial charge in [-0.25, -0.2) is 8.42 Å². The molecule has 1 atom stereocenters. The van der Waals surface area contributed by atoms with Crippen LogP contribution in [0.25, 0.3) is 0 Å². The van der Waals surface area contributed by atoms with E-state index in [2.05, 4.69) is 53.1 Å². The molecule has 0 aromatic heterocycles. The number of amides is 1. The molecule has 30 heavy (non-hydrogen) atoms. The van der Waals surface area contributed by atoms with Crippen LogP contribution >= 0.6 is 0 Å². The molecule has 2 aromatic carbocycles. The van der Waals surface area contributed by atoms with Gasteiger partial charge in [-0.15, -0.1) is 0 Å². The molecule has 0 bridgehead atoms. The molecule has 1 amide bonds. The van der Waals surface area contributed by atoms with Crippen molar-refractivity contribution in [3.05, 3.63) is 65.2 Å².